The standard InChI is InChI=1S/C22H41N3O2/c1-5-24-12-6-7-21(24)18-25(22(26)9-8-19(2)3)17-20-10-13-23(14-11-20)15-16-27-4/h8-9,19-21H,5-7,10-18H2,1-4H3/b9-8+/t21-/m1/s1. The minimum Gasteiger partial charge on any atom is -0.383 e. The van der Waals surface area contributed by atoms with Gasteiger partial charge in [0.15, 0.2) is 0 Å². The average molecular weight is 380 g/mol. The highest BCUT2D eigenvalue weighted by atomic mass is 16.5. The van der Waals surface area contributed by atoms with Gasteiger partial charge in [0.05, 0.1) is 6.61 Å². The minimum absolute atomic E-state index is 0.202. The van der Waals surface area contributed by atoms with Gasteiger partial charge < -0.3 is 14.5 Å². The number of hydrogen-bond donors (Lipinski definition) is 0. The van der Waals surface area contributed by atoms with Crippen LogP contribution in [0.15, 0.2) is 12.2 Å². The molecule has 2 aliphatic rings. The number of carbonyl (C=O) groups excluding carboxylic acids is 1. The quantitative estimate of drug-likeness (QED) is 0.547. The fraction of sp³-hybridized carbons (Fsp3) is 0.864. The normalized spacial score (nSPS) is 22.9. The van der Waals surface area contributed by atoms with Crippen LogP contribution in [0.1, 0.15) is 46.5 Å². The van der Waals surface area contributed by atoms with Crippen molar-refractivity contribution in [3.63, 3.8) is 0 Å². The summed E-state index contributed by atoms with van der Waals surface area (Å²) in [6, 6.07) is 0.535. The monoisotopic (exact) mass is 379 g/mol. The van der Waals surface area contributed by atoms with Crippen LogP contribution >= 0.6 is 0 Å². The lowest BCUT2D eigenvalue weighted by atomic mass is 9.95. The number of piperidine rings is 1. The molecule has 2 rings (SSSR count). The number of likely N-dealkylation sites (N-methyl/N-ethyl adjacent to an activating group) is 1. The maximum absolute atomic E-state index is 12.9. The maximum atomic E-state index is 12.9. The van der Waals surface area contributed by atoms with E-state index in [1.54, 1.807) is 7.11 Å². The lowest BCUT2D eigenvalue weighted by Crippen LogP contribution is -2.46. The lowest BCUT2D eigenvalue weighted by molar-refractivity contribution is -0.127. The molecule has 1 atom stereocenters. The SMILES string of the molecule is CCN1CCC[C@@H]1CN(CC1CCN(CCOC)CC1)C(=O)/C=C/C(C)C. The van der Waals surface area contributed by atoms with Gasteiger partial charge >= 0.3 is 0 Å². The minimum atomic E-state index is 0.202. The Labute approximate surface area is 166 Å². The van der Waals surface area contributed by atoms with Gasteiger partial charge in [0.25, 0.3) is 0 Å². The van der Waals surface area contributed by atoms with Gasteiger partial charge in [-0.1, -0.05) is 26.8 Å². The molecule has 0 unspecified atom stereocenters. The fourth-order valence-electron chi connectivity index (χ4n) is 4.33. The van der Waals surface area contributed by atoms with E-state index in [0.29, 0.717) is 17.9 Å². The number of nitrogens with zero attached hydrogens (tertiary/aromatic N) is 3. The Balaban J connectivity index is 1.92. The molecule has 0 aromatic rings. The second kappa shape index (κ2) is 11.8. The van der Waals surface area contributed by atoms with Crippen LogP contribution in [0.2, 0.25) is 0 Å². The average Bonchev–Trinajstić information content (AvgIpc) is 3.12. The second-order valence-electron chi connectivity index (χ2n) is 8.55. The molecule has 2 aliphatic heterocycles. The van der Waals surface area contributed by atoms with Gasteiger partial charge in [-0.3, -0.25) is 9.69 Å². The van der Waals surface area contributed by atoms with E-state index < -0.39 is 0 Å². The zero-order valence-electron chi connectivity index (χ0n) is 18.0. The molecular formula is C22H41N3O2. The molecule has 0 radical (unpaired) electrons. The molecule has 1 amide bonds. The first-order valence-electron chi connectivity index (χ1n) is 11.0. The Bertz CT molecular complexity index is 458. The van der Waals surface area contributed by atoms with E-state index >= 15 is 0 Å². The van der Waals surface area contributed by atoms with Crippen molar-refractivity contribution < 1.29 is 9.53 Å². The Morgan fingerprint density at radius 3 is 2.56 bits per heavy atom. The smallest absolute Gasteiger partial charge is 0.246 e. The van der Waals surface area contributed by atoms with E-state index in [1.165, 1.54) is 32.2 Å². The van der Waals surface area contributed by atoms with Gasteiger partial charge in [0.2, 0.25) is 5.91 Å². The van der Waals surface area contributed by atoms with Crippen LogP contribution in [-0.4, -0.2) is 86.2 Å². The molecule has 0 aliphatic carbocycles. The molecule has 0 aromatic heterocycles. The van der Waals surface area contributed by atoms with Crippen LogP contribution in [-0.2, 0) is 9.53 Å². The summed E-state index contributed by atoms with van der Waals surface area (Å²) in [4.78, 5) is 20.1. The third-order valence-corrected chi connectivity index (χ3v) is 6.07. The largest absolute Gasteiger partial charge is 0.383 e. The molecule has 156 valence electrons. The van der Waals surface area contributed by atoms with Crippen LogP contribution in [0.25, 0.3) is 0 Å². The predicted octanol–water partition coefficient (Wildman–Crippen LogP) is 2.87. The number of hydrogen-bond acceptors (Lipinski definition) is 4. The molecule has 27 heavy (non-hydrogen) atoms. The summed E-state index contributed by atoms with van der Waals surface area (Å²) in [6.45, 7) is 14.6. The van der Waals surface area contributed by atoms with Gasteiger partial charge in [-0.2, -0.15) is 0 Å². The van der Waals surface area contributed by atoms with E-state index in [0.717, 1.165) is 45.9 Å². The van der Waals surface area contributed by atoms with Crippen molar-refractivity contribution >= 4 is 5.91 Å². The van der Waals surface area contributed by atoms with Crippen molar-refractivity contribution in [2.45, 2.75) is 52.5 Å². The Hall–Kier alpha value is -0.910. The first kappa shape index (κ1) is 22.4. The van der Waals surface area contributed by atoms with Crippen LogP contribution in [0, 0.1) is 11.8 Å². The van der Waals surface area contributed by atoms with Gasteiger partial charge in [-0.15, -0.1) is 0 Å². The van der Waals surface area contributed by atoms with Gasteiger partial charge in [-0.25, -0.2) is 0 Å². The second-order valence-corrected chi connectivity index (χ2v) is 8.55. The number of likely N-dealkylation sites (tertiary alicyclic amines) is 2. The van der Waals surface area contributed by atoms with E-state index in [9.17, 15) is 4.79 Å². The zero-order chi connectivity index (χ0) is 19.6. The molecule has 5 nitrogen and oxygen atoms in total. The van der Waals surface area contributed by atoms with Crippen molar-refractivity contribution in [3.05, 3.63) is 12.2 Å². The highest BCUT2D eigenvalue weighted by molar-refractivity contribution is 5.87. The van der Waals surface area contributed by atoms with Gasteiger partial charge in [0.1, 0.15) is 0 Å². The summed E-state index contributed by atoms with van der Waals surface area (Å²) in [5.41, 5.74) is 0. The first-order chi connectivity index (χ1) is 13.0. The fourth-order valence-corrected chi connectivity index (χ4v) is 4.33. The molecule has 2 fully saturated rings. The van der Waals surface area contributed by atoms with E-state index in [-0.39, 0.29) is 5.91 Å². The number of amides is 1. The molecule has 5 heteroatoms. The highest BCUT2D eigenvalue weighted by Crippen LogP contribution is 2.22. The Kier molecular flexibility index (Phi) is 9.80. The molecule has 0 spiro atoms. The van der Waals surface area contributed by atoms with Crippen LogP contribution in [0.5, 0.6) is 0 Å². The van der Waals surface area contributed by atoms with Gasteiger partial charge in [-0.05, 0) is 69.8 Å². The van der Waals surface area contributed by atoms with Crippen molar-refractivity contribution in [1.82, 2.24) is 14.7 Å². The lowest BCUT2D eigenvalue weighted by Gasteiger charge is -2.36. The summed E-state index contributed by atoms with van der Waals surface area (Å²) >= 11 is 0. The van der Waals surface area contributed by atoms with Gasteiger partial charge in [0, 0.05) is 32.8 Å². The molecule has 0 N–H and O–H groups in total. The van der Waals surface area contributed by atoms with Crippen LogP contribution in [0.3, 0.4) is 0 Å². The van der Waals surface area contributed by atoms with Crippen molar-refractivity contribution in [1.29, 1.82) is 0 Å². The predicted molar refractivity (Wildman–Crippen MR) is 112 cm³/mol. The number of rotatable bonds is 10. The van der Waals surface area contributed by atoms with Crippen molar-refractivity contribution in [2.24, 2.45) is 11.8 Å². The molecule has 0 saturated carbocycles. The summed E-state index contributed by atoms with van der Waals surface area (Å²) in [5, 5.41) is 0. The molecule has 0 bridgehead atoms. The van der Waals surface area contributed by atoms with Crippen molar-refractivity contribution in [3.8, 4) is 0 Å². The summed E-state index contributed by atoms with van der Waals surface area (Å²) < 4.78 is 5.20. The highest BCUT2D eigenvalue weighted by Gasteiger charge is 2.29. The topological polar surface area (TPSA) is 36.0 Å². The zero-order valence-corrected chi connectivity index (χ0v) is 18.0. The number of methoxy groups -OCH3 is 1. The summed E-state index contributed by atoms with van der Waals surface area (Å²) in [6.07, 6.45) is 8.70. The van der Waals surface area contributed by atoms with Crippen LogP contribution < -0.4 is 0 Å². The molecule has 2 saturated heterocycles. The summed E-state index contributed by atoms with van der Waals surface area (Å²) in [5.74, 6) is 1.24. The van der Waals surface area contributed by atoms with E-state index in [4.69, 9.17) is 4.74 Å². The van der Waals surface area contributed by atoms with Crippen molar-refractivity contribution in [2.75, 3.05) is 59.5 Å². The molecule has 0 aromatic carbocycles. The number of allylic oxidation sites excluding steroid dienone is 1. The third-order valence-electron chi connectivity index (χ3n) is 6.07. The van der Waals surface area contributed by atoms with E-state index in [1.807, 2.05) is 12.2 Å². The van der Waals surface area contributed by atoms with Crippen LogP contribution in [0.4, 0.5) is 0 Å². The number of ether oxygens (including phenoxy) is 1. The molecule has 2 heterocycles. The Morgan fingerprint density at radius 2 is 1.93 bits per heavy atom. The van der Waals surface area contributed by atoms with E-state index in [2.05, 4.69) is 35.5 Å². The maximum Gasteiger partial charge on any atom is 0.246 e. The summed E-state index contributed by atoms with van der Waals surface area (Å²) in [7, 11) is 1.77. The Morgan fingerprint density at radius 1 is 1.19 bits per heavy atom. The molecular weight excluding hydrogens is 338 g/mol. The third kappa shape index (κ3) is 7.55. The number of carbonyl (C=O) groups is 1. The first-order valence-corrected chi connectivity index (χ1v) is 11.0.